The van der Waals surface area contributed by atoms with E-state index in [2.05, 4.69) is 22.4 Å². The Morgan fingerprint density at radius 1 is 1.33 bits per heavy atom. The minimum Gasteiger partial charge on any atom is -0.397 e. The highest BCUT2D eigenvalue weighted by atomic mass is 32.1. The Morgan fingerprint density at radius 2 is 2.15 bits per heavy atom. The number of ether oxygens (including phenoxy) is 2. The second kappa shape index (κ2) is 9.85. The van der Waals surface area contributed by atoms with Crippen molar-refractivity contribution in [3.05, 3.63) is 28.2 Å². The summed E-state index contributed by atoms with van der Waals surface area (Å²) in [5.41, 5.74) is 2.23. The van der Waals surface area contributed by atoms with Gasteiger partial charge in [-0.15, -0.1) is 0 Å². The highest BCUT2D eigenvalue weighted by Gasteiger charge is 2.18. The van der Waals surface area contributed by atoms with Gasteiger partial charge in [0, 0.05) is 31.2 Å². The Labute approximate surface area is 163 Å². The van der Waals surface area contributed by atoms with Gasteiger partial charge in [-0.1, -0.05) is 29.8 Å². The van der Waals surface area contributed by atoms with Crippen molar-refractivity contribution in [2.45, 2.75) is 64.8 Å². The van der Waals surface area contributed by atoms with Crippen LogP contribution in [-0.4, -0.2) is 35.5 Å². The summed E-state index contributed by atoms with van der Waals surface area (Å²) in [5, 5.41) is 8.52. The zero-order valence-electron chi connectivity index (χ0n) is 16.0. The van der Waals surface area contributed by atoms with Gasteiger partial charge < -0.3 is 19.3 Å². The van der Waals surface area contributed by atoms with E-state index in [1.165, 1.54) is 16.9 Å². The lowest BCUT2D eigenvalue weighted by Gasteiger charge is -2.22. The number of unbranched alkanes of at least 4 members (excludes halogenated alkanes) is 1. The molecule has 0 aliphatic carbocycles. The second-order valence-corrected chi connectivity index (χ2v) is 7.84. The van der Waals surface area contributed by atoms with E-state index < -0.39 is 6.09 Å². The third-order valence-corrected chi connectivity index (χ3v) is 5.63. The maximum Gasteiger partial charge on any atom is 0.413 e. The van der Waals surface area contributed by atoms with Crippen LogP contribution in [0.4, 0.5) is 4.79 Å². The second-order valence-electron chi connectivity index (χ2n) is 6.76. The van der Waals surface area contributed by atoms with Crippen LogP contribution in [0.1, 0.15) is 54.6 Å². The number of carbonyl (C=O) groups is 1. The number of nitrogens with zero attached hydrogens (tertiary/aromatic N) is 2. The zero-order chi connectivity index (χ0) is 19.1. The van der Waals surface area contributed by atoms with Crippen molar-refractivity contribution in [1.82, 2.24) is 15.5 Å². The molecule has 0 unspecified atom stereocenters. The number of nitrogens with one attached hydrogen (secondary N) is 1. The molecule has 27 heavy (non-hydrogen) atoms. The molecule has 0 radical (unpaired) electrons. The van der Waals surface area contributed by atoms with E-state index in [9.17, 15) is 4.79 Å². The predicted octanol–water partition coefficient (Wildman–Crippen LogP) is 3.83. The lowest BCUT2D eigenvalue weighted by atomic mass is 10.0. The highest BCUT2D eigenvalue weighted by molar-refractivity contribution is 7.13. The number of hydrogen-bond acceptors (Lipinski definition) is 7. The summed E-state index contributed by atoms with van der Waals surface area (Å²) in [7, 11) is 0. The number of rotatable bonds is 8. The molecule has 0 bridgehead atoms. The van der Waals surface area contributed by atoms with Gasteiger partial charge in [0.1, 0.15) is 5.76 Å². The minimum atomic E-state index is -0.422. The van der Waals surface area contributed by atoms with Crippen LogP contribution in [0.2, 0.25) is 0 Å². The molecule has 1 N–H and O–H groups in total. The average molecular weight is 394 g/mol. The third-order valence-electron chi connectivity index (χ3n) is 4.69. The van der Waals surface area contributed by atoms with Crippen LogP contribution in [0, 0.1) is 6.92 Å². The number of hydrogen-bond donors (Lipinski definition) is 1. The topological polar surface area (TPSA) is 86.5 Å². The molecule has 0 atom stereocenters. The van der Waals surface area contributed by atoms with Gasteiger partial charge in [0.2, 0.25) is 5.06 Å². The van der Waals surface area contributed by atoms with E-state index in [0.717, 1.165) is 61.4 Å². The predicted molar refractivity (Wildman–Crippen MR) is 102 cm³/mol. The summed E-state index contributed by atoms with van der Waals surface area (Å²) < 4.78 is 16.0. The lowest BCUT2D eigenvalue weighted by molar-refractivity contribution is 0.0779. The number of aryl methyl sites for hydroxylation is 3. The van der Waals surface area contributed by atoms with Crippen molar-refractivity contribution in [1.29, 1.82) is 0 Å². The molecule has 0 spiro atoms. The standard InChI is InChI=1S/C19H27N3O4S/c1-3-4-5-16-15(13(2)26-22-16)6-7-17-20-12-18(27-17)25-19(23)21-14-8-10-24-11-9-14/h12,14H,3-11H2,1-2H3,(H,21,23). The summed E-state index contributed by atoms with van der Waals surface area (Å²) in [6, 6.07) is 0.122. The monoisotopic (exact) mass is 393 g/mol. The van der Waals surface area contributed by atoms with Crippen molar-refractivity contribution in [3.8, 4) is 5.06 Å². The fourth-order valence-corrected chi connectivity index (χ4v) is 3.88. The van der Waals surface area contributed by atoms with Crippen LogP contribution >= 0.6 is 11.3 Å². The molecule has 3 heterocycles. The van der Waals surface area contributed by atoms with E-state index >= 15 is 0 Å². The zero-order valence-corrected chi connectivity index (χ0v) is 16.8. The molecule has 0 aromatic carbocycles. The van der Waals surface area contributed by atoms with Crippen LogP contribution in [-0.2, 0) is 24.0 Å². The summed E-state index contributed by atoms with van der Waals surface area (Å²) in [6.45, 7) is 5.48. The Balaban J connectivity index is 1.49. The maximum atomic E-state index is 12.0. The van der Waals surface area contributed by atoms with E-state index in [4.69, 9.17) is 14.0 Å². The Kier molecular flexibility index (Phi) is 7.23. The number of aromatic nitrogens is 2. The minimum absolute atomic E-state index is 0.122. The summed E-state index contributed by atoms with van der Waals surface area (Å²) in [5.74, 6) is 0.880. The fourth-order valence-electron chi connectivity index (χ4n) is 3.12. The fraction of sp³-hybridized carbons (Fsp3) is 0.632. The summed E-state index contributed by atoms with van der Waals surface area (Å²) in [4.78, 5) is 16.4. The van der Waals surface area contributed by atoms with Gasteiger partial charge in [-0.2, -0.15) is 0 Å². The van der Waals surface area contributed by atoms with Crippen molar-refractivity contribution in [3.63, 3.8) is 0 Å². The SMILES string of the molecule is CCCCc1noc(C)c1CCc1ncc(OC(=O)NC2CCOCC2)s1. The van der Waals surface area contributed by atoms with E-state index in [1.54, 1.807) is 6.20 Å². The molecule has 7 nitrogen and oxygen atoms in total. The molecule has 1 saturated heterocycles. The van der Waals surface area contributed by atoms with E-state index in [-0.39, 0.29) is 6.04 Å². The quantitative estimate of drug-likeness (QED) is 0.733. The molecule has 2 aromatic rings. The first kappa shape index (κ1) is 19.8. The van der Waals surface area contributed by atoms with Gasteiger partial charge in [0.05, 0.1) is 16.9 Å². The molecule has 1 amide bonds. The highest BCUT2D eigenvalue weighted by Crippen LogP contribution is 2.24. The Morgan fingerprint density at radius 3 is 2.93 bits per heavy atom. The molecule has 1 aliphatic heterocycles. The van der Waals surface area contributed by atoms with Crippen LogP contribution < -0.4 is 10.1 Å². The van der Waals surface area contributed by atoms with Gasteiger partial charge >= 0.3 is 6.09 Å². The number of carbonyl (C=O) groups excluding carboxylic acids is 1. The lowest BCUT2D eigenvalue weighted by Crippen LogP contribution is -2.40. The van der Waals surface area contributed by atoms with Crippen LogP contribution in [0.25, 0.3) is 0 Å². The van der Waals surface area contributed by atoms with Gasteiger partial charge in [-0.05, 0) is 39.0 Å². The molecule has 3 rings (SSSR count). The summed E-state index contributed by atoms with van der Waals surface area (Å²) in [6.07, 6.45) is 7.62. The molecule has 0 saturated carbocycles. The molecule has 8 heteroatoms. The first-order valence-electron chi connectivity index (χ1n) is 9.60. The van der Waals surface area contributed by atoms with Gasteiger partial charge in [0.15, 0.2) is 0 Å². The maximum absolute atomic E-state index is 12.0. The number of thiazole rings is 1. The van der Waals surface area contributed by atoms with Crippen molar-refractivity contribution in [2.24, 2.45) is 0 Å². The molecule has 1 fully saturated rings. The van der Waals surface area contributed by atoms with Crippen LogP contribution in [0.15, 0.2) is 10.7 Å². The van der Waals surface area contributed by atoms with E-state index in [1.807, 2.05) is 6.92 Å². The van der Waals surface area contributed by atoms with Crippen LogP contribution in [0.3, 0.4) is 0 Å². The van der Waals surface area contributed by atoms with Gasteiger partial charge in [0.25, 0.3) is 0 Å². The largest absolute Gasteiger partial charge is 0.413 e. The Hall–Kier alpha value is -1.93. The molecule has 1 aliphatic rings. The average Bonchev–Trinajstić information content (AvgIpc) is 3.25. The first-order valence-corrected chi connectivity index (χ1v) is 10.4. The molecule has 148 valence electrons. The van der Waals surface area contributed by atoms with Crippen LogP contribution in [0.5, 0.6) is 5.06 Å². The third kappa shape index (κ3) is 5.77. The smallest absolute Gasteiger partial charge is 0.397 e. The van der Waals surface area contributed by atoms with Gasteiger partial charge in [-0.3, -0.25) is 0 Å². The molecular formula is C19H27N3O4S. The van der Waals surface area contributed by atoms with Crippen molar-refractivity contribution >= 4 is 17.4 Å². The molecular weight excluding hydrogens is 366 g/mol. The summed E-state index contributed by atoms with van der Waals surface area (Å²) >= 11 is 1.40. The van der Waals surface area contributed by atoms with Crippen molar-refractivity contribution < 1.29 is 18.8 Å². The van der Waals surface area contributed by atoms with E-state index in [0.29, 0.717) is 18.3 Å². The number of amides is 1. The first-order chi connectivity index (χ1) is 13.2. The molecule has 2 aromatic heterocycles. The normalized spacial score (nSPS) is 15.0. The van der Waals surface area contributed by atoms with Gasteiger partial charge in [-0.25, -0.2) is 9.78 Å². The van der Waals surface area contributed by atoms with Crippen molar-refractivity contribution in [2.75, 3.05) is 13.2 Å². The Bertz CT molecular complexity index is 737.